The van der Waals surface area contributed by atoms with Gasteiger partial charge in [0, 0.05) is 45.8 Å². The molecule has 4 aromatic rings. The summed E-state index contributed by atoms with van der Waals surface area (Å²) in [6, 6.07) is 16.4. The molecule has 0 spiro atoms. The minimum Gasteiger partial charge on any atom is -0.444 e. The molecule has 45 heavy (non-hydrogen) atoms. The third-order valence-corrected chi connectivity index (χ3v) is 6.42. The van der Waals surface area contributed by atoms with E-state index in [9.17, 15) is 13.6 Å². The Morgan fingerprint density at radius 3 is 1.82 bits per heavy atom. The van der Waals surface area contributed by atoms with Crippen molar-refractivity contribution in [3.8, 4) is 0 Å². The average molecular weight is 689 g/mol. The zero-order valence-corrected chi connectivity index (χ0v) is 27.5. The summed E-state index contributed by atoms with van der Waals surface area (Å²) in [6.45, 7) is 0. The number of nitrogens with two attached hydrogens (primary N) is 1. The Balaban J connectivity index is 0.000000250. The maximum Gasteiger partial charge on any atom is 1.00 e. The van der Waals surface area contributed by atoms with E-state index in [1.807, 2.05) is 18.2 Å². The van der Waals surface area contributed by atoms with Crippen molar-refractivity contribution >= 4 is 62.7 Å². The van der Waals surface area contributed by atoms with Crippen molar-refractivity contribution in [2.45, 2.75) is 12.8 Å². The van der Waals surface area contributed by atoms with Crippen molar-refractivity contribution in [1.82, 2.24) is 9.97 Å². The standard InChI is InChI=1S/C14H10ClFN2.C14H9ClFNO.HNO2.Na.H2O4S/c15-10-6-13(18-14(17)7-10)9-4-8-2-1-3-12(16)11(8)5-9;15-10-6-13(17-14(18)7-10)9-4-8-2-1-3-12(16)11(8)5-9;2-1-3;;1-5(2,3)4/h1-3,5-7H,4H2,(H2,17,18);1-3,5-7H,4H2,(H,17,18);(H,2,3);;(H2,1,2,3,4)/q;;;+1;/p-1. The van der Waals surface area contributed by atoms with Crippen LogP contribution in [0.1, 0.15) is 33.6 Å². The molecule has 2 heterocycles. The summed E-state index contributed by atoms with van der Waals surface area (Å²) >= 11 is 11.8. The number of aromatic amines is 1. The van der Waals surface area contributed by atoms with Crippen molar-refractivity contribution in [3.05, 3.63) is 136 Å². The van der Waals surface area contributed by atoms with Crippen LogP contribution in [-0.2, 0) is 23.2 Å². The van der Waals surface area contributed by atoms with Gasteiger partial charge in [-0.1, -0.05) is 47.5 Å². The van der Waals surface area contributed by atoms with Crippen LogP contribution < -0.4 is 40.9 Å². The minimum absolute atomic E-state index is 0. The Bertz CT molecular complexity index is 1910. The van der Waals surface area contributed by atoms with Crippen LogP contribution in [0.4, 0.5) is 14.6 Å². The van der Waals surface area contributed by atoms with Crippen molar-refractivity contribution in [3.63, 3.8) is 0 Å². The first-order valence-corrected chi connectivity index (χ1v) is 14.3. The van der Waals surface area contributed by atoms with Crippen LogP contribution in [0.5, 0.6) is 0 Å². The molecule has 0 fully saturated rings. The molecule has 17 heteroatoms. The number of benzene rings is 2. The Morgan fingerprint density at radius 2 is 1.36 bits per heavy atom. The number of fused-ring (bicyclic) bond motifs is 2. The van der Waals surface area contributed by atoms with Crippen LogP contribution in [0.3, 0.4) is 0 Å². The Morgan fingerprint density at radius 1 is 0.889 bits per heavy atom. The Hall–Kier alpha value is -3.47. The number of nitrogen functional groups attached to an aromatic ring is 1. The fraction of sp³-hybridized carbons (Fsp3) is 0.0714. The predicted octanol–water partition coefficient (Wildman–Crippen LogP) is 3.42. The monoisotopic (exact) mass is 688 g/mol. The van der Waals surface area contributed by atoms with Crippen molar-refractivity contribution in [2.75, 3.05) is 5.73 Å². The van der Waals surface area contributed by atoms with Gasteiger partial charge in [0.2, 0.25) is 5.56 Å². The van der Waals surface area contributed by atoms with E-state index < -0.39 is 10.4 Å². The second-order valence-electron chi connectivity index (χ2n) is 9.01. The maximum absolute atomic E-state index is 13.6. The average Bonchev–Trinajstić information content (AvgIpc) is 3.54. The molecule has 2 aromatic carbocycles. The normalized spacial score (nSPS) is 12.2. The SMILES string of the molecule is Nc1cc(Cl)cc(C2=Cc3c(F)cccc3C2)n1.O=N[O-].O=S(=O)(O)O.O=c1cc(Cl)cc(C2=Cc3c(F)cccc3C2)[nH]1.[Na+]. The molecule has 0 amide bonds. The van der Waals surface area contributed by atoms with Gasteiger partial charge < -0.3 is 20.8 Å². The van der Waals surface area contributed by atoms with Gasteiger partial charge in [-0.25, -0.2) is 13.8 Å². The van der Waals surface area contributed by atoms with E-state index in [1.165, 1.54) is 18.2 Å². The number of nitrogens with zero attached hydrogens (tertiary/aromatic N) is 2. The molecule has 0 unspecified atom stereocenters. The number of nitrogens with one attached hydrogen (secondary N) is 1. The smallest absolute Gasteiger partial charge is 0.444 e. The number of hydrogen-bond donors (Lipinski definition) is 4. The fourth-order valence-corrected chi connectivity index (χ4v) is 4.78. The quantitative estimate of drug-likeness (QED) is 0.105. The summed E-state index contributed by atoms with van der Waals surface area (Å²) in [5.74, 6) is -0.0841. The molecule has 6 rings (SSSR count). The number of anilines is 1. The first-order valence-electron chi connectivity index (χ1n) is 12.1. The summed E-state index contributed by atoms with van der Waals surface area (Å²) in [5.41, 5.74) is 11.7. The van der Waals surface area contributed by atoms with Gasteiger partial charge in [0.1, 0.15) is 17.5 Å². The molecule has 5 N–H and O–H groups in total. The molecule has 0 saturated carbocycles. The number of rotatable bonds is 2. The Kier molecular flexibility index (Phi) is 14.0. The molecule has 2 aliphatic rings. The molecule has 2 aromatic heterocycles. The molecule has 11 nitrogen and oxygen atoms in total. The fourth-order valence-electron chi connectivity index (χ4n) is 4.36. The van der Waals surface area contributed by atoms with Crippen LogP contribution in [-0.4, -0.2) is 27.5 Å². The van der Waals surface area contributed by atoms with Crippen LogP contribution in [0.15, 0.2) is 70.8 Å². The number of H-pyrrole nitrogens is 1. The summed E-state index contributed by atoms with van der Waals surface area (Å²) in [4.78, 5) is 26.3. The third-order valence-electron chi connectivity index (χ3n) is 5.98. The van der Waals surface area contributed by atoms with E-state index in [0.29, 0.717) is 51.2 Å². The second-order valence-corrected chi connectivity index (χ2v) is 10.8. The Labute approximate surface area is 287 Å². The first-order chi connectivity index (χ1) is 20.7. The van der Waals surface area contributed by atoms with Gasteiger partial charge in [0.05, 0.1) is 5.69 Å². The van der Waals surface area contributed by atoms with E-state index >= 15 is 0 Å². The number of hydrogen-bond acceptors (Lipinski definition) is 8. The van der Waals surface area contributed by atoms with Gasteiger partial charge in [-0.15, -0.1) is 5.34 Å². The van der Waals surface area contributed by atoms with Crippen LogP contribution in [0, 0.1) is 21.7 Å². The molecule has 0 aliphatic heterocycles. The van der Waals surface area contributed by atoms with E-state index in [4.69, 9.17) is 56.6 Å². The first kappa shape index (κ1) is 37.7. The predicted molar refractivity (Wildman–Crippen MR) is 165 cm³/mol. The summed E-state index contributed by atoms with van der Waals surface area (Å²) < 4.78 is 58.8. The van der Waals surface area contributed by atoms with Gasteiger partial charge in [-0.2, -0.15) is 8.42 Å². The summed E-state index contributed by atoms with van der Waals surface area (Å²) in [7, 11) is -4.67. The second kappa shape index (κ2) is 16.7. The topological polar surface area (TPSA) is 199 Å². The van der Waals surface area contributed by atoms with Crippen molar-refractivity contribution in [2.24, 2.45) is 5.34 Å². The number of allylic oxidation sites excluding steroid dienone is 2. The van der Waals surface area contributed by atoms with Gasteiger partial charge in [0.25, 0.3) is 0 Å². The van der Waals surface area contributed by atoms with E-state index in [1.54, 1.807) is 36.4 Å². The molecule has 2 aliphatic carbocycles. The van der Waals surface area contributed by atoms with Gasteiger partial charge in [-0.3, -0.25) is 13.9 Å². The molecular weight excluding hydrogens is 668 g/mol. The summed E-state index contributed by atoms with van der Waals surface area (Å²) in [6.07, 6.45) is 4.82. The van der Waals surface area contributed by atoms with E-state index in [-0.39, 0.29) is 46.8 Å². The largest absolute Gasteiger partial charge is 1.00 e. The van der Waals surface area contributed by atoms with Gasteiger partial charge >= 0.3 is 40.0 Å². The zero-order chi connectivity index (χ0) is 32.6. The minimum atomic E-state index is -4.67. The molecule has 0 radical (unpaired) electrons. The van der Waals surface area contributed by atoms with Crippen molar-refractivity contribution < 1.29 is 55.9 Å². The maximum atomic E-state index is 13.6. The summed E-state index contributed by atoms with van der Waals surface area (Å²) in [5, 5.41) is 9.92. The molecular formula is C28H21Cl2F2N4NaO7S. The van der Waals surface area contributed by atoms with Gasteiger partial charge in [-0.05, 0) is 64.8 Å². The van der Waals surface area contributed by atoms with E-state index in [0.717, 1.165) is 27.6 Å². The van der Waals surface area contributed by atoms with E-state index in [2.05, 4.69) is 9.97 Å². The van der Waals surface area contributed by atoms with Crippen molar-refractivity contribution in [1.29, 1.82) is 0 Å². The number of aromatic nitrogens is 2. The molecule has 0 saturated heterocycles. The number of halogens is 4. The molecule has 0 bridgehead atoms. The zero-order valence-electron chi connectivity index (χ0n) is 23.2. The molecule has 0 atom stereocenters. The number of pyridine rings is 2. The van der Waals surface area contributed by atoms with Crippen LogP contribution >= 0.6 is 23.2 Å². The van der Waals surface area contributed by atoms with Crippen LogP contribution in [0.25, 0.3) is 23.3 Å². The van der Waals surface area contributed by atoms with Gasteiger partial charge in [0.15, 0.2) is 0 Å². The third kappa shape index (κ3) is 11.4. The molecule has 230 valence electrons. The van der Waals surface area contributed by atoms with Crippen LogP contribution in [0.2, 0.25) is 10.0 Å².